The molecule has 0 N–H and O–H groups in total. The minimum absolute atomic E-state index is 0.617. The first-order valence-corrected chi connectivity index (χ1v) is 9.52. The van der Waals surface area contributed by atoms with Crippen molar-refractivity contribution in [2.75, 3.05) is 0 Å². The van der Waals surface area contributed by atoms with Gasteiger partial charge in [0.2, 0.25) is 0 Å². The van der Waals surface area contributed by atoms with Crippen molar-refractivity contribution in [3.05, 3.63) is 107 Å². The third-order valence-corrected chi connectivity index (χ3v) is 5.11. The van der Waals surface area contributed by atoms with Gasteiger partial charge in [0.05, 0.1) is 0 Å². The minimum Gasteiger partial charge on any atom is -0.0622 e. The zero-order valence-corrected chi connectivity index (χ0v) is 15.2. The van der Waals surface area contributed by atoms with Crippen molar-refractivity contribution < 1.29 is 0 Å². The Bertz CT molecular complexity index is 683. The van der Waals surface area contributed by atoms with Crippen LogP contribution in [0.25, 0.3) is 0 Å². The number of rotatable bonds is 8. The van der Waals surface area contributed by atoms with E-state index in [0.29, 0.717) is 5.92 Å². The summed E-state index contributed by atoms with van der Waals surface area (Å²) in [6.45, 7) is 2.22. The van der Waals surface area contributed by atoms with Gasteiger partial charge in [-0.3, -0.25) is 0 Å². The van der Waals surface area contributed by atoms with Crippen molar-refractivity contribution in [3.63, 3.8) is 0 Å². The molecule has 0 aromatic heterocycles. The minimum atomic E-state index is 0.617. The van der Waals surface area contributed by atoms with Crippen molar-refractivity contribution in [1.82, 2.24) is 0 Å². The van der Waals surface area contributed by atoms with Crippen molar-refractivity contribution in [3.8, 4) is 0 Å². The second-order valence-electron chi connectivity index (χ2n) is 6.84. The van der Waals surface area contributed by atoms with Gasteiger partial charge < -0.3 is 0 Å². The summed E-state index contributed by atoms with van der Waals surface area (Å²) < 4.78 is 0. The maximum atomic E-state index is 2.35. The molecule has 128 valence electrons. The summed E-state index contributed by atoms with van der Waals surface area (Å²) in [6, 6.07) is 31.0. The molecule has 0 atom stereocenters. The Morgan fingerprint density at radius 1 is 0.560 bits per heavy atom. The Kier molecular flexibility index (Phi) is 6.45. The summed E-state index contributed by atoms with van der Waals surface area (Å²) in [7, 11) is 0. The summed E-state index contributed by atoms with van der Waals surface area (Å²) in [6.07, 6.45) is 5.83. The van der Waals surface area contributed by atoms with E-state index in [9.17, 15) is 0 Å². The Hall–Kier alpha value is -2.34. The van der Waals surface area contributed by atoms with E-state index in [1.807, 2.05) is 0 Å². The van der Waals surface area contributed by atoms with Crippen LogP contribution in [0.15, 0.2) is 84.9 Å². The molecule has 25 heavy (non-hydrogen) atoms. The van der Waals surface area contributed by atoms with Crippen LogP contribution in [0.2, 0.25) is 0 Å². The van der Waals surface area contributed by atoms with E-state index in [-0.39, 0.29) is 0 Å². The van der Waals surface area contributed by atoms with Crippen molar-refractivity contribution in [2.45, 2.75) is 44.9 Å². The second kappa shape index (κ2) is 9.22. The summed E-state index contributed by atoms with van der Waals surface area (Å²) in [5, 5.41) is 0. The van der Waals surface area contributed by atoms with E-state index in [4.69, 9.17) is 0 Å². The molecule has 3 aromatic rings. The van der Waals surface area contributed by atoms with E-state index < -0.39 is 0 Å². The molecular weight excluding hydrogens is 300 g/mol. The fourth-order valence-corrected chi connectivity index (χ4v) is 3.47. The van der Waals surface area contributed by atoms with E-state index in [1.165, 1.54) is 35.1 Å². The Morgan fingerprint density at radius 3 is 1.48 bits per heavy atom. The van der Waals surface area contributed by atoms with Gasteiger partial charge in [0, 0.05) is 0 Å². The van der Waals surface area contributed by atoms with Gasteiger partial charge in [-0.1, -0.05) is 91.9 Å². The molecule has 3 rings (SSSR count). The summed E-state index contributed by atoms with van der Waals surface area (Å²) >= 11 is 0. The quantitative estimate of drug-likeness (QED) is 0.437. The Labute approximate surface area is 152 Å². The highest BCUT2D eigenvalue weighted by atomic mass is 14.2. The van der Waals surface area contributed by atoms with Gasteiger partial charge in [-0.05, 0) is 60.3 Å². The number of aryl methyl sites for hydroxylation is 3. The monoisotopic (exact) mass is 328 g/mol. The largest absolute Gasteiger partial charge is 0.0622 e. The lowest BCUT2D eigenvalue weighted by molar-refractivity contribution is 0.576. The van der Waals surface area contributed by atoms with E-state index >= 15 is 0 Å². The molecule has 0 spiro atoms. The van der Waals surface area contributed by atoms with Crippen LogP contribution in [0.1, 0.15) is 47.9 Å². The topological polar surface area (TPSA) is 0 Å². The molecule has 0 fully saturated rings. The highest BCUT2D eigenvalue weighted by molar-refractivity contribution is 5.26. The lowest BCUT2D eigenvalue weighted by atomic mass is 9.87. The molecule has 0 unspecified atom stereocenters. The van der Waals surface area contributed by atoms with Crippen molar-refractivity contribution >= 4 is 0 Å². The summed E-state index contributed by atoms with van der Waals surface area (Å²) in [5.74, 6) is 0.617. The van der Waals surface area contributed by atoms with Crippen LogP contribution >= 0.6 is 0 Å². The van der Waals surface area contributed by atoms with E-state index in [2.05, 4.69) is 91.9 Å². The third kappa shape index (κ3) is 5.32. The molecule has 0 bridgehead atoms. The highest BCUT2D eigenvalue weighted by Gasteiger charge is 2.12. The Balaban J connectivity index is 1.70. The first-order valence-electron chi connectivity index (χ1n) is 9.52. The van der Waals surface area contributed by atoms with Gasteiger partial charge in [-0.15, -0.1) is 0 Å². The van der Waals surface area contributed by atoms with Crippen LogP contribution in [-0.2, 0) is 19.3 Å². The number of hydrogen-bond donors (Lipinski definition) is 0. The van der Waals surface area contributed by atoms with Gasteiger partial charge in [0.15, 0.2) is 0 Å². The maximum absolute atomic E-state index is 2.35. The van der Waals surface area contributed by atoms with E-state index in [0.717, 1.165) is 19.3 Å². The zero-order chi connectivity index (χ0) is 17.3. The molecule has 0 aliphatic rings. The predicted molar refractivity (Wildman–Crippen MR) is 108 cm³/mol. The SMILES string of the molecule is CCc1ccc(C(CCc2ccccc2)CCc2ccccc2)cc1. The lowest BCUT2D eigenvalue weighted by Crippen LogP contribution is -2.03. The van der Waals surface area contributed by atoms with Gasteiger partial charge in [-0.2, -0.15) is 0 Å². The second-order valence-corrected chi connectivity index (χ2v) is 6.84. The molecule has 0 radical (unpaired) electrons. The van der Waals surface area contributed by atoms with Crippen LogP contribution in [0.3, 0.4) is 0 Å². The van der Waals surface area contributed by atoms with E-state index in [1.54, 1.807) is 0 Å². The summed E-state index contributed by atoms with van der Waals surface area (Å²) in [4.78, 5) is 0. The van der Waals surface area contributed by atoms with Crippen LogP contribution < -0.4 is 0 Å². The smallest absolute Gasteiger partial charge is 0.0156 e. The third-order valence-electron chi connectivity index (χ3n) is 5.11. The fraction of sp³-hybridized carbons (Fsp3) is 0.280. The average molecular weight is 328 g/mol. The maximum Gasteiger partial charge on any atom is -0.0156 e. The molecule has 0 aliphatic heterocycles. The van der Waals surface area contributed by atoms with Crippen LogP contribution in [0.5, 0.6) is 0 Å². The molecule has 0 nitrogen and oxygen atoms in total. The number of benzene rings is 3. The van der Waals surface area contributed by atoms with Crippen LogP contribution in [-0.4, -0.2) is 0 Å². The standard InChI is InChI=1S/C25H28/c1-2-21-13-17-24(18-14-21)25(19-15-22-9-5-3-6-10-22)20-16-23-11-7-4-8-12-23/h3-14,17-18,25H,2,15-16,19-20H2,1H3. The highest BCUT2D eigenvalue weighted by Crippen LogP contribution is 2.27. The molecule has 0 saturated carbocycles. The molecule has 0 aliphatic carbocycles. The molecule has 0 heterocycles. The molecule has 3 aromatic carbocycles. The number of hydrogen-bond acceptors (Lipinski definition) is 0. The van der Waals surface area contributed by atoms with Crippen molar-refractivity contribution in [1.29, 1.82) is 0 Å². The van der Waals surface area contributed by atoms with Crippen LogP contribution in [0.4, 0.5) is 0 Å². The average Bonchev–Trinajstić information content (AvgIpc) is 2.70. The first kappa shape index (κ1) is 17.5. The molecule has 0 heteroatoms. The van der Waals surface area contributed by atoms with Crippen molar-refractivity contribution in [2.24, 2.45) is 0 Å². The molecule has 0 saturated heterocycles. The summed E-state index contributed by atoms with van der Waals surface area (Å²) in [5.41, 5.74) is 5.80. The Morgan fingerprint density at radius 2 is 1.04 bits per heavy atom. The van der Waals surface area contributed by atoms with Crippen LogP contribution in [0, 0.1) is 0 Å². The predicted octanol–water partition coefficient (Wildman–Crippen LogP) is 6.60. The van der Waals surface area contributed by atoms with Gasteiger partial charge in [-0.25, -0.2) is 0 Å². The fourth-order valence-electron chi connectivity index (χ4n) is 3.47. The zero-order valence-electron chi connectivity index (χ0n) is 15.2. The lowest BCUT2D eigenvalue weighted by Gasteiger charge is -2.18. The van der Waals surface area contributed by atoms with Gasteiger partial charge in [0.1, 0.15) is 0 Å². The molecular formula is C25H28. The normalized spacial score (nSPS) is 11.0. The molecule has 0 amide bonds. The first-order chi connectivity index (χ1) is 12.3. The van der Waals surface area contributed by atoms with Gasteiger partial charge in [0.25, 0.3) is 0 Å². The van der Waals surface area contributed by atoms with Gasteiger partial charge >= 0.3 is 0 Å².